The minimum Gasteiger partial charge on any atom is -0.325 e. The quantitative estimate of drug-likeness (QED) is 0.747. The number of carbonyl (C=O) groups excluding carboxylic acids is 1. The van der Waals surface area contributed by atoms with Gasteiger partial charge in [0, 0.05) is 45.0 Å². The van der Waals surface area contributed by atoms with Crippen LogP contribution < -0.4 is 5.32 Å². The largest absolute Gasteiger partial charge is 0.325 e. The van der Waals surface area contributed by atoms with E-state index in [4.69, 9.17) is 0 Å². The molecule has 0 unspecified atom stereocenters. The van der Waals surface area contributed by atoms with Crippen molar-refractivity contribution in [1.82, 2.24) is 13.5 Å². The Kier molecular flexibility index (Phi) is 7.61. The normalized spacial score (nSPS) is 17.1. The van der Waals surface area contributed by atoms with Gasteiger partial charge in [-0.2, -0.15) is 17.0 Å². The Bertz CT molecular complexity index is 745. The third-order valence-corrected chi connectivity index (χ3v) is 7.28. The molecule has 1 aliphatic rings. The van der Waals surface area contributed by atoms with Gasteiger partial charge >= 0.3 is 0 Å². The Morgan fingerprint density at radius 3 is 2.04 bits per heavy atom. The number of benzene rings is 1. The fraction of sp³-hybridized carbons (Fsp3) is 0.650. The van der Waals surface area contributed by atoms with Gasteiger partial charge in [0.05, 0.1) is 6.54 Å². The van der Waals surface area contributed by atoms with E-state index < -0.39 is 10.2 Å². The van der Waals surface area contributed by atoms with Gasteiger partial charge in [0.25, 0.3) is 10.2 Å². The molecule has 1 fully saturated rings. The molecule has 2 rings (SSSR count). The van der Waals surface area contributed by atoms with Crippen molar-refractivity contribution in [2.24, 2.45) is 0 Å². The number of nitrogens with one attached hydrogen (secondary N) is 1. The molecule has 158 valence electrons. The first-order chi connectivity index (χ1) is 13.1. The summed E-state index contributed by atoms with van der Waals surface area (Å²) in [6.07, 6.45) is 0. The minimum absolute atomic E-state index is 0.0771. The maximum atomic E-state index is 12.6. The molecule has 1 amide bonds. The maximum Gasteiger partial charge on any atom is 0.282 e. The van der Waals surface area contributed by atoms with Crippen LogP contribution in [0.3, 0.4) is 0 Å². The van der Waals surface area contributed by atoms with E-state index in [0.29, 0.717) is 39.3 Å². The number of piperazine rings is 1. The smallest absolute Gasteiger partial charge is 0.282 e. The molecule has 1 saturated heterocycles. The van der Waals surface area contributed by atoms with Crippen molar-refractivity contribution in [2.75, 3.05) is 51.1 Å². The first-order valence-electron chi connectivity index (χ1n) is 9.96. The first kappa shape index (κ1) is 22.8. The van der Waals surface area contributed by atoms with Crippen LogP contribution in [-0.2, 0) is 20.4 Å². The summed E-state index contributed by atoms with van der Waals surface area (Å²) in [5.74, 6) is -0.0800. The molecule has 7 nitrogen and oxygen atoms in total. The van der Waals surface area contributed by atoms with E-state index in [-0.39, 0.29) is 17.9 Å². The second-order valence-corrected chi connectivity index (χ2v) is 10.1. The van der Waals surface area contributed by atoms with Gasteiger partial charge in [0.15, 0.2) is 0 Å². The van der Waals surface area contributed by atoms with Crippen LogP contribution in [0.15, 0.2) is 24.3 Å². The Balaban J connectivity index is 1.85. The first-order valence-corrected chi connectivity index (χ1v) is 11.4. The van der Waals surface area contributed by atoms with E-state index in [1.807, 2.05) is 43.0 Å². The number of anilines is 1. The zero-order valence-electron chi connectivity index (χ0n) is 17.7. The monoisotopic (exact) mass is 410 g/mol. The summed E-state index contributed by atoms with van der Waals surface area (Å²) in [6.45, 7) is 13.3. The van der Waals surface area contributed by atoms with Crippen LogP contribution in [0.25, 0.3) is 0 Å². The fourth-order valence-electron chi connectivity index (χ4n) is 3.29. The van der Waals surface area contributed by atoms with Crippen molar-refractivity contribution in [2.45, 2.75) is 40.0 Å². The Morgan fingerprint density at radius 1 is 1.04 bits per heavy atom. The topological polar surface area (TPSA) is 73.0 Å². The van der Waals surface area contributed by atoms with Gasteiger partial charge in [0.1, 0.15) is 0 Å². The van der Waals surface area contributed by atoms with Crippen LogP contribution in [0.5, 0.6) is 0 Å². The Hall–Kier alpha value is -1.48. The number of hydrogen-bond donors (Lipinski definition) is 1. The number of amides is 1. The fourth-order valence-corrected chi connectivity index (χ4v) is 4.89. The predicted molar refractivity (Wildman–Crippen MR) is 114 cm³/mol. The molecule has 1 aromatic carbocycles. The highest BCUT2D eigenvalue weighted by molar-refractivity contribution is 7.86. The zero-order valence-corrected chi connectivity index (χ0v) is 18.6. The molecule has 0 bridgehead atoms. The molecule has 0 aliphatic carbocycles. The third-order valence-electron chi connectivity index (χ3n) is 5.09. The second-order valence-electron chi connectivity index (χ2n) is 8.14. The SMILES string of the molecule is CCN(CC)S(=O)(=O)N1CCN(CC(=O)Nc2ccc(C(C)(C)C)cc2)CC1. The average Bonchev–Trinajstić information content (AvgIpc) is 2.62. The van der Waals surface area contributed by atoms with Gasteiger partial charge in [-0.1, -0.05) is 46.8 Å². The van der Waals surface area contributed by atoms with Crippen LogP contribution in [0.1, 0.15) is 40.2 Å². The average molecular weight is 411 g/mol. The van der Waals surface area contributed by atoms with Crippen LogP contribution in [0, 0.1) is 0 Å². The van der Waals surface area contributed by atoms with Gasteiger partial charge in [-0.05, 0) is 23.1 Å². The highest BCUT2D eigenvalue weighted by Crippen LogP contribution is 2.23. The molecule has 1 heterocycles. The van der Waals surface area contributed by atoms with E-state index in [9.17, 15) is 13.2 Å². The summed E-state index contributed by atoms with van der Waals surface area (Å²) in [6, 6.07) is 7.92. The maximum absolute atomic E-state index is 12.6. The lowest BCUT2D eigenvalue weighted by Crippen LogP contribution is -2.54. The molecular formula is C20H34N4O3S. The number of rotatable bonds is 7. The summed E-state index contributed by atoms with van der Waals surface area (Å²) in [5.41, 5.74) is 2.07. The van der Waals surface area contributed by atoms with Crippen LogP contribution in [0.2, 0.25) is 0 Å². The molecule has 28 heavy (non-hydrogen) atoms. The van der Waals surface area contributed by atoms with Gasteiger partial charge in [-0.15, -0.1) is 0 Å². The van der Waals surface area contributed by atoms with Crippen molar-refractivity contribution >= 4 is 21.8 Å². The van der Waals surface area contributed by atoms with Crippen molar-refractivity contribution in [3.63, 3.8) is 0 Å². The molecular weight excluding hydrogens is 376 g/mol. The molecule has 0 aromatic heterocycles. The van der Waals surface area contributed by atoms with E-state index in [0.717, 1.165) is 5.69 Å². The number of carbonyl (C=O) groups is 1. The highest BCUT2D eigenvalue weighted by Gasteiger charge is 2.31. The Morgan fingerprint density at radius 2 is 1.57 bits per heavy atom. The molecule has 1 aliphatic heterocycles. The summed E-state index contributed by atoms with van der Waals surface area (Å²) in [7, 11) is -3.40. The van der Waals surface area contributed by atoms with Gasteiger partial charge in [0.2, 0.25) is 5.91 Å². The summed E-state index contributed by atoms with van der Waals surface area (Å²) < 4.78 is 28.1. The van der Waals surface area contributed by atoms with Crippen molar-refractivity contribution in [3.8, 4) is 0 Å². The standard InChI is InChI=1S/C20H34N4O3S/c1-6-23(7-2)28(26,27)24-14-12-22(13-15-24)16-19(25)21-18-10-8-17(9-11-18)20(3,4)5/h8-11H,6-7,12-16H2,1-5H3,(H,21,25). The lowest BCUT2D eigenvalue weighted by Gasteiger charge is -2.35. The van der Waals surface area contributed by atoms with E-state index in [2.05, 4.69) is 26.1 Å². The van der Waals surface area contributed by atoms with Crippen molar-refractivity contribution in [3.05, 3.63) is 29.8 Å². The molecule has 0 saturated carbocycles. The van der Waals surface area contributed by atoms with Crippen LogP contribution in [-0.4, -0.2) is 73.6 Å². The minimum atomic E-state index is -3.40. The number of nitrogens with zero attached hydrogens (tertiary/aromatic N) is 3. The molecule has 1 N–H and O–H groups in total. The molecule has 0 spiro atoms. The second kappa shape index (κ2) is 9.35. The lowest BCUT2D eigenvalue weighted by atomic mass is 9.87. The molecule has 0 atom stereocenters. The molecule has 0 radical (unpaired) electrons. The van der Waals surface area contributed by atoms with E-state index in [1.54, 1.807) is 0 Å². The van der Waals surface area contributed by atoms with E-state index >= 15 is 0 Å². The summed E-state index contributed by atoms with van der Waals surface area (Å²) >= 11 is 0. The number of hydrogen-bond acceptors (Lipinski definition) is 4. The van der Waals surface area contributed by atoms with Crippen molar-refractivity contribution in [1.29, 1.82) is 0 Å². The van der Waals surface area contributed by atoms with Crippen molar-refractivity contribution < 1.29 is 13.2 Å². The highest BCUT2D eigenvalue weighted by atomic mass is 32.2. The molecule has 1 aromatic rings. The van der Waals surface area contributed by atoms with Gasteiger partial charge in [-0.25, -0.2) is 0 Å². The van der Waals surface area contributed by atoms with Crippen LogP contribution >= 0.6 is 0 Å². The summed E-state index contributed by atoms with van der Waals surface area (Å²) in [4.78, 5) is 14.3. The molecule has 8 heteroatoms. The van der Waals surface area contributed by atoms with E-state index in [1.165, 1.54) is 14.2 Å². The van der Waals surface area contributed by atoms with Gasteiger partial charge in [-0.3, -0.25) is 9.69 Å². The third kappa shape index (κ3) is 5.76. The predicted octanol–water partition coefficient (Wildman–Crippen LogP) is 2.13. The summed E-state index contributed by atoms with van der Waals surface area (Å²) in [5, 5.41) is 2.93. The van der Waals surface area contributed by atoms with Gasteiger partial charge < -0.3 is 5.32 Å². The zero-order chi connectivity index (χ0) is 20.9. The Labute approximate surface area is 169 Å². The van der Waals surface area contributed by atoms with Crippen LogP contribution in [0.4, 0.5) is 5.69 Å². The lowest BCUT2D eigenvalue weighted by molar-refractivity contribution is -0.117.